The third kappa shape index (κ3) is 4.56. The average molecular weight is 421 g/mol. The number of anilines is 1. The van der Waals surface area contributed by atoms with Crippen LogP contribution in [0.4, 0.5) is 10.5 Å². The SMILES string of the molecule is Cc1cccc(C)c1NC(=O)N1CCN(CCn2c(C(C)C)nc3cccnc32)CC1. The van der Waals surface area contributed by atoms with Gasteiger partial charge in [-0.25, -0.2) is 14.8 Å². The summed E-state index contributed by atoms with van der Waals surface area (Å²) in [5.41, 5.74) is 5.02. The summed E-state index contributed by atoms with van der Waals surface area (Å²) in [6, 6.07) is 10.0. The standard InChI is InChI=1S/C24H32N6O/c1-17(2)22-26-20-9-6-10-25-23(20)30(22)16-13-28-11-14-29(15-12-28)24(31)27-21-18(3)7-5-8-19(21)4/h5-10,17H,11-16H2,1-4H3,(H,27,31). The number of urea groups is 1. The summed E-state index contributed by atoms with van der Waals surface area (Å²) in [7, 11) is 0. The normalized spacial score (nSPS) is 15.1. The summed E-state index contributed by atoms with van der Waals surface area (Å²) in [5, 5.41) is 3.11. The zero-order valence-electron chi connectivity index (χ0n) is 18.9. The van der Waals surface area contributed by atoms with Gasteiger partial charge in [-0.15, -0.1) is 0 Å². The second-order valence-electron chi connectivity index (χ2n) is 8.65. The predicted octanol–water partition coefficient (Wildman–Crippen LogP) is 4.02. The van der Waals surface area contributed by atoms with Crippen molar-refractivity contribution in [2.75, 3.05) is 38.0 Å². The third-order valence-corrected chi connectivity index (χ3v) is 6.06. The van der Waals surface area contributed by atoms with E-state index in [-0.39, 0.29) is 6.03 Å². The molecule has 1 aromatic carbocycles. The van der Waals surface area contributed by atoms with Gasteiger partial charge in [-0.1, -0.05) is 32.0 Å². The molecule has 2 amide bonds. The smallest absolute Gasteiger partial charge is 0.321 e. The van der Waals surface area contributed by atoms with E-state index in [9.17, 15) is 4.79 Å². The molecule has 0 bridgehead atoms. The number of pyridine rings is 1. The molecule has 1 aliphatic rings. The molecular weight excluding hydrogens is 388 g/mol. The zero-order chi connectivity index (χ0) is 22.0. The van der Waals surface area contributed by atoms with Crippen molar-refractivity contribution >= 4 is 22.9 Å². The van der Waals surface area contributed by atoms with Crippen molar-refractivity contribution in [2.45, 2.75) is 40.2 Å². The Kier molecular flexibility index (Phi) is 6.23. The maximum Gasteiger partial charge on any atom is 0.321 e. The number of hydrogen-bond acceptors (Lipinski definition) is 4. The molecule has 0 radical (unpaired) electrons. The molecule has 1 fully saturated rings. The van der Waals surface area contributed by atoms with E-state index in [1.165, 1.54) is 0 Å². The highest BCUT2D eigenvalue weighted by Gasteiger charge is 2.22. The number of hydrogen-bond donors (Lipinski definition) is 1. The maximum absolute atomic E-state index is 12.8. The van der Waals surface area contributed by atoms with Crippen LogP contribution in [0.3, 0.4) is 0 Å². The number of benzene rings is 1. The molecule has 0 aliphatic carbocycles. The third-order valence-electron chi connectivity index (χ3n) is 6.06. The minimum Gasteiger partial charge on any atom is -0.322 e. The van der Waals surface area contributed by atoms with Crippen LogP contribution in [0.2, 0.25) is 0 Å². The van der Waals surface area contributed by atoms with Crippen molar-refractivity contribution < 1.29 is 4.79 Å². The number of piperazine rings is 1. The Morgan fingerprint density at radius 1 is 1.03 bits per heavy atom. The van der Waals surface area contributed by atoms with Crippen molar-refractivity contribution in [2.24, 2.45) is 0 Å². The van der Waals surface area contributed by atoms with Crippen molar-refractivity contribution in [1.29, 1.82) is 0 Å². The molecule has 3 heterocycles. The molecule has 1 aliphatic heterocycles. The van der Waals surface area contributed by atoms with Gasteiger partial charge in [-0.3, -0.25) is 4.90 Å². The van der Waals surface area contributed by atoms with Crippen molar-refractivity contribution in [3.05, 3.63) is 53.5 Å². The largest absolute Gasteiger partial charge is 0.322 e. The van der Waals surface area contributed by atoms with E-state index in [1.807, 2.05) is 55.3 Å². The molecule has 3 aromatic rings. The van der Waals surface area contributed by atoms with E-state index in [0.29, 0.717) is 5.92 Å². The molecule has 4 rings (SSSR count). The Labute approximate surface area is 184 Å². The topological polar surface area (TPSA) is 66.3 Å². The fourth-order valence-corrected chi connectivity index (χ4v) is 4.25. The molecule has 0 spiro atoms. The molecule has 0 saturated carbocycles. The van der Waals surface area contributed by atoms with E-state index >= 15 is 0 Å². The summed E-state index contributed by atoms with van der Waals surface area (Å²) >= 11 is 0. The monoisotopic (exact) mass is 420 g/mol. The van der Waals surface area contributed by atoms with Gasteiger partial charge in [0.15, 0.2) is 5.65 Å². The summed E-state index contributed by atoms with van der Waals surface area (Å²) < 4.78 is 2.25. The maximum atomic E-state index is 12.8. The minimum absolute atomic E-state index is 0.0102. The van der Waals surface area contributed by atoms with Gasteiger partial charge in [0.25, 0.3) is 0 Å². The first-order valence-corrected chi connectivity index (χ1v) is 11.1. The number of aryl methyl sites for hydroxylation is 2. The number of carbonyl (C=O) groups is 1. The Morgan fingerprint density at radius 2 is 1.74 bits per heavy atom. The van der Waals surface area contributed by atoms with Crippen LogP contribution in [0.5, 0.6) is 0 Å². The second kappa shape index (κ2) is 9.06. The molecule has 7 nitrogen and oxygen atoms in total. The van der Waals surface area contributed by atoms with Gasteiger partial charge < -0.3 is 14.8 Å². The quantitative estimate of drug-likeness (QED) is 0.677. The zero-order valence-corrected chi connectivity index (χ0v) is 18.9. The van der Waals surface area contributed by atoms with Gasteiger partial charge in [0.05, 0.1) is 0 Å². The number of amides is 2. The van der Waals surface area contributed by atoms with Crippen LogP contribution in [0.15, 0.2) is 36.5 Å². The lowest BCUT2D eigenvalue weighted by molar-refractivity contribution is 0.144. The Morgan fingerprint density at radius 3 is 2.42 bits per heavy atom. The summed E-state index contributed by atoms with van der Waals surface area (Å²) in [4.78, 5) is 26.4. The number of fused-ring (bicyclic) bond motifs is 1. The van der Waals surface area contributed by atoms with Crippen molar-refractivity contribution in [3.8, 4) is 0 Å². The van der Waals surface area contributed by atoms with E-state index in [0.717, 1.165) is 73.1 Å². The van der Waals surface area contributed by atoms with Gasteiger partial charge in [0, 0.05) is 57.1 Å². The van der Waals surface area contributed by atoms with Gasteiger partial charge in [0.2, 0.25) is 0 Å². The average Bonchev–Trinajstić information content (AvgIpc) is 3.14. The Hall–Kier alpha value is -2.93. The van der Waals surface area contributed by atoms with E-state index in [1.54, 1.807) is 0 Å². The van der Waals surface area contributed by atoms with Crippen LogP contribution in [-0.4, -0.2) is 63.1 Å². The van der Waals surface area contributed by atoms with E-state index < -0.39 is 0 Å². The first kappa shape index (κ1) is 21.3. The number of para-hydroxylation sites is 1. The predicted molar refractivity (Wildman–Crippen MR) is 125 cm³/mol. The molecule has 0 atom stereocenters. The Bertz CT molecular complexity index is 1040. The van der Waals surface area contributed by atoms with Gasteiger partial charge in [-0.05, 0) is 37.1 Å². The minimum atomic E-state index is -0.0102. The summed E-state index contributed by atoms with van der Waals surface area (Å²) in [6.45, 7) is 13.4. The highest BCUT2D eigenvalue weighted by atomic mass is 16.2. The highest BCUT2D eigenvalue weighted by molar-refractivity contribution is 5.91. The van der Waals surface area contributed by atoms with Crippen LogP contribution < -0.4 is 5.32 Å². The summed E-state index contributed by atoms with van der Waals surface area (Å²) in [5.74, 6) is 1.43. The molecule has 1 saturated heterocycles. The summed E-state index contributed by atoms with van der Waals surface area (Å²) in [6.07, 6.45) is 1.83. The molecule has 0 unspecified atom stereocenters. The fraction of sp³-hybridized carbons (Fsp3) is 0.458. The second-order valence-corrected chi connectivity index (χ2v) is 8.65. The molecule has 2 aromatic heterocycles. The van der Waals surface area contributed by atoms with Crippen LogP contribution in [0.1, 0.15) is 36.7 Å². The van der Waals surface area contributed by atoms with E-state index in [2.05, 4.69) is 33.6 Å². The molecular formula is C24H32N6O. The van der Waals surface area contributed by atoms with Crippen molar-refractivity contribution in [1.82, 2.24) is 24.3 Å². The molecule has 164 valence electrons. The Balaban J connectivity index is 1.34. The van der Waals surface area contributed by atoms with Crippen LogP contribution >= 0.6 is 0 Å². The molecule has 1 N–H and O–H groups in total. The number of carbonyl (C=O) groups excluding carboxylic acids is 1. The van der Waals surface area contributed by atoms with E-state index in [4.69, 9.17) is 4.98 Å². The number of rotatable bonds is 5. The van der Waals surface area contributed by atoms with Gasteiger partial charge in [0.1, 0.15) is 11.3 Å². The van der Waals surface area contributed by atoms with Crippen LogP contribution in [-0.2, 0) is 6.54 Å². The lowest BCUT2D eigenvalue weighted by Gasteiger charge is -2.35. The first-order valence-electron chi connectivity index (χ1n) is 11.1. The number of imidazole rings is 1. The number of nitrogens with zero attached hydrogens (tertiary/aromatic N) is 5. The molecule has 7 heteroatoms. The molecule has 31 heavy (non-hydrogen) atoms. The van der Waals surface area contributed by atoms with Gasteiger partial charge >= 0.3 is 6.03 Å². The first-order chi connectivity index (χ1) is 14.9. The number of nitrogens with one attached hydrogen (secondary N) is 1. The number of aromatic nitrogens is 3. The van der Waals surface area contributed by atoms with Crippen LogP contribution in [0, 0.1) is 13.8 Å². The lowest BCUT2D eigenvalue weighted by Crippen LogP contribution is -2.50. The van der Waals surface area contributed by atoms with Crippen molar-refractivity contribution in [3.63, 3.8) is 0 Å². The highest BCUT2D eigenvalue weighted by Crippen LogP contribution is 2.21. The lowest BCUT2D eigenvalue weighted by atomic mass is 10.1. The van der Waals surface area contributed by atoms with Crippen LogP contribution in [0.25, 0.3) is 11.2 Å². The van der Waals surface area contributed by atoms with Gasteiger partial charge in [-0.2, -0.15) is 0 Å². The fourth-order valence-electron chi connectivity index (χ4n) is 4.25.